The van der Waals surface area contributed by atoms with Gasteiger partial charge < -0.3 is 10.6 Å². The van der Waals surface area contributed by atoms with Gasteiger partial charge in [-0.1, -0.05) is 13.3 Å². The minimum absolute atomic E-state index is 0.0182. The molecule has 3 heteroatoms. The van der Waals surface area contributed by atoms with Crippen molar-refractivity contribution in [3.8, 4) is 0 Å². The normalized spacial score (nSPS) is 16.5. The van der Waals surface area contributed by atoms with E-state index in [1.54, 1.807) is 0 Å². The molecule has 1 rings (SSSR count). The maximum Gasteiger partial charge on any atom is 0.315 e. The first-order valence-corrected chi connectivity index (χ1v) is 5.62. The molecule has 0 bridgehead atoms. The fourth-order valence-electron chi connectivity index (χ4n) is 1.62. The summed E-state index contributed by atoms with van der Waals surface area (Å²) in [5.74, 6) is 0.680. The zero-order valence-electron chi connectivity index (χ0n) is 9.52. The van der Waals surface area contributed by atoms with Crippen molar-refractivity contribution < 1.29 is 4.79 Å². The van der Waals surface area contributed by atoms with E-state index in [9.17, 15) is 4.79 Å². The van der Waals surface area contributed by atoms with E-state index in [1.807, 2.05) is 0 Å². The van der Waals surface area contributed by atoms with Gasteiger partial charge in [0.1, 0.15) is 0 Å². The van der Waals surface area contributed by atoms with Gasteiger partial charge >= 0.3 is 6.03 Å². The van der Waals surface area contributed by atoms with Gasteiger partial charge in [0.25, 0.3) is 0 Å². The molecule has 2 amide bonds. The average Bonchev–Trinajstić information content (AvgIpc) is 2.85. The SMILES string of the molecule is CCCCNC(=O)NC(C)(C)C1CC1. The Morgan fingerprint density at radius 2 is 2.07 bits per heavy atom. The molecular formula is C11H22N2O. The molecule has 0 aromatic carbocycles. The molecule has 0 aromatic heterocycles. The van der Waals surface area contributed by atoms with Gasteiger partial charge in [-0.2, -0.15) is 0 Å². The van der Waals surface area contributed by atoms with E-state index < -0.39 is 0 Å². The standard InChI is InChI=1S/C11H22N2O/c1-4-5-8-12-10(14)13-11(2,3)9-6-7-9/h9H,4-8H2,1-3H3,(H2,12,13,14). The molecule has 2 N–H and O–H groups in total. The molecule has 0 unspecified atom stereocenters. The van der Waals surface area contributed by atoms with Crippen molar-refractivity contribution in [3.05, 3.63) is 0 Å². The number of rotatable bonds is 5. The molecule has 0 spiro atoms. The van der Waals surface area contributed by atoms with Gasteiger partial charge in [-0.15, -0.1) is 0 Å². The summed E-state index contributed by atoms with van der Waals surface area (Å²) in [7, 11) is 0. The van der Waals surface area contributed by atoms with Gasteiger partial charge in [0, 0.05) is 12.1 Å². The average molecular weight is 198 g/mol. The quantitative estimate of drug-likeness (QED) is 0.654. The molecular weight excluding hydrogens is 176 g/mol. The summed E-state index contributed by atoms with van der Waals surface area (Å²) in [4.78, 5) is 11.4. The maximum absolute atomic E-state index is 11.4. The Labute approximate surface area is 86.6 Å². The molecule has 3 nitrogen and oxygen atoms in total. The topological polar surface area (TPSA) is 41.1 Å². The van der Waals surface area contributed by atoms with Gasteiger partial charge in [0.05, 0.1) is 0 Å². The van der Waals surface area contributed by atoms with Crippen molar-refractivity contribution in [1.29, 1.82) is 0 Å². The van der Waals surface area contributed by atoms with Crippen molar-refractivity contribution in [1.82, 2.24) is 10.6 Å². The summed E-state index contributed by atoms with van der Waals surface area (Å²) in [6.07, 6.45) is 4.67. The zero-order valence-corrected chi connectivity index (χ0v) is 9.52. The van der Waals surface area contributed by atoms with Crippen LogP contribution in [-0.2, 0) is 0 Å². The molecule has 0 saturated heterocycles. The number of carbonyl (C=O) groups excluding carboxylic acids is 1. The molecule has 1 aliphatic carbocycles. The number of amides is 2. The van der Waals surface area contributed by atoms with Crippen molar-refractivity contribution in [3.63, 3.8) is 0 Å². The maximum atomic E-state index is 11.4. The van der Waals surface area contributed by atoms with E-state index in [4.69, 9.17) is 0 Å². The van der Waals surface area contributed by atoms with Crippen molar-refractivity contribution in [2.24, 2.45) is 5.92 Å². The summed E-state index contributed by atoms with van der Waals surface area (Å²) < 4.78 is 0. The first-order chi connectivity index (χ1) is 6.56. The van der Waals surface area contributed by atoms with Crippen LogP contribution < -0.4 is 10.6 Å². The predicted molar refractivity (Wildman–Crippen MR) is 58.2 cm³/mol. The number of hydrogen-bond donors (Lipinski definition) is 2. The molecule has 0 aromatic rings. The number of carbonyl (C=O) groups is 1. The fourth-order valence-corrected chi connectivity index (χ4v) is 1.62. The largest absolute Gasteiger partial charge is 0.338 e. The van der Waals surface area contributed by atoms with Crippen LogP contribution in [-0.4, -0.2) is 18.1 Å². The van der Waals surface area contributed by atoms with Gasteiger partial charge in [-0.05, 0) is 39.0 Å². The van der Waals surface area contributed by atoms with Crippen LogP contribution in [0.15, 0.2) is 0 Å². The molecule has 0 aliphatic heterocycles. The molecule has 0 heterocycles. The van der Waals surface area contributed by atoms with Crippen molar-refractivity contribution in [2.45, 2.75) is 52.0 Å². The van der Waals surface area contributed by atoms with E-state index >= 15 is 0 Å². The fraction of sp³-hybridized carbons (Fsp3) is 0.909. The Hall–Kier alpha value is -0.730. The second-order valence-electron chi connectivity index (χ2n) is 4.73. The lowest BCUT2D eigenvalue weighted by Gasteiger charge is -2.26. The highest BCUT2D eigenvalue weighted by Crippen LogP contribution is 2.38. The van der Waals surface area contributed by atoms with Gasteiger partial charge in [-0.25, -0.2) is 4.79 Å². The zero-order chi connectivity index (χ0) is 10.6. The molecule has 14 heavy (non-hydrogen) atoms. The minimum atomic E-state index is -0.0315. The van der Waals surface area contributed by atoms with E-state index in [-0.39, 0.29) is 11.6 Å². The summed E-state index contributed by atoms with van der Waals surface area (Å²) in [6, 6.07) is -0.0182. The Morgan fingerprint density at radius 3 is 2.57 bits per heavy atom. The minimum Gasteiger partial charge on any atom is -0.338 e. The third-order valence-electron chi connectivity index (χ3n) is 2.85. The number of nitrogens with one attached hydrogen (secondary N) is 2. The number of urea groups is 1. The van der Waals surface area contributed by atoms with Crippen LogP contribution in [0.25, 0.3) is 0 Å². The summed E-state index contributed by atoms with van der Waals surface area (Å²) >= 11 is 0. The Bertz CT molecular complexity index is 197. The summed E-state index contributed by atoms with van der Waals surface area (Å²) in [5, 5.41) is 5.90. The number of unbranched alkanes of at least 4 members (excludes halogenated alkanes) is 1. The molecule has 1 aliphatic rings. The van der Waals surface area contributed by atoms with Crippen LogP contribution in [0.5, 0.6) is 0 Å². The van der Waals surface area contributed by atoms with Crippen molar-refractivity contribution in [2.75, 3.05) is 6.54 Å². The van der Waals surface area contributed by atoms with E-state index in [2.05, 4.69) is 31.4 Å². The first-order valence-electron chi connectivity index (χ1n) is 5.62. The van der Waals surface area contributed by atoms with Crippen molar-refractivity contribution >= 4 is 6.03 Å². The van der Waals surface area contributed by atoms with Crippen LogP contribution in [0, 0.1) is 5.92 Å². The van der Waals surface area contributed by atoms with Gasteiger partial charge in [-0.3, -0.25) is 0 Å². The molecule has 82 valence electrons. The Kier molecular flexibility index (Phi) is 3.78. The van der Waals surface area contributed by atoms with Crippen LogP contribution in [0.4, 0.5) is 4.79 Å². The van der Waals surface area contributed by atoms with Crippen LogP contribution >= 0.6 is 0 Å². The Balaban J connectivity index is 2.18. The van der Waals surface area contributed by atoms with E-state index in [0.717, 1.165) is 19.4 Å². The van der Waals surface area contributed by atoms with Gasteiger partial charge in [0.2, 0.25) is 0 Å². The molecule has 0 atom stereocenters. The predicted octanol–water partition coefficient (Wildman–Crippen LogP) is 2.27. The van der Waals surface area contributed by atoms with E-state index in [0.29, 0.717) is 5.92 Å². The summed E-state index contributed by atoms with van der Waals surface area (Å²) in [5.41, 5.74) is -0.0315. The highest BCUT2D eigenvalue weighted by molar-refractivity contribution is 5.74. The second kappa shape index (κ2) is 4.67. The lowest BCUT2D eigenvalue weighted by molar-refractivity contribution is 0.225. The van der Waals surface area contributed by atoms with Gasteiger partial charge in [0.15, 0.2) is 0 Å². The molecule has 1 fully saturated rings. The first kappa shape index (κ1) is 11.3. The number of hydrogen-bond acceptors (Lipinski definition) is 1. The van der Waals surface area contributed by atoms with E-state index in [1.165, 1.54) is 12.8 Å². The highest BCUT2D eigenvalue weighted by Gasteiger charge is 2.38. The second-order valence-corrected chi connectivity index (χ2v) is 4.73. The monoisotopic (exact) mass is 198 g/mol. The molecule has 1 saturated carbocycles. The third kappa shape index (κ3) is 3.56. The smallest absolute Gasteiger partial charge is 0.315 e. The molecule has 0 radical (unpaired) electrons. The lowest BCUT2D eigenvalue weighted by atomic mass is 9.99. The van der Waals surface area contributed by atoms with Crippen LogP contribution in [0.2, 0.25) is 0 Å². The lowest BCUT2D eigenvalue weighted by Crippen LogP contribution is -2.49. The Morgan fingerprint density at radius 1 is 1.43 bits per heavy atom. The summed E-state index contributed by atoms with van der Waals surface area (Å²) in [6.45, 7) is 7.10. The third-order valence-corrected chi connectivity index (χ3v) is 2.85. The van der Waals surface area contributed by atoms with Crippen LogP contribution in [0.3, 0.4) is 0 Å². The highest BCUT2D eigenvalue weighted by atomic mass is 16.2. The van der Waals surface area contributed by atoms with Crippen LogP contribution in [0.1, 0.15) is 46.5 Å².